The van der Waals surface area contributed by atoms with Crippen molar-refractivity contribution < 1.29 is 40.9 Å². The van der Waals surface area contributed by atoms with Crippen molar-refractivity contribution in [3.8, 4) is 0 Å². The van der Waals surface area contributed by atoms with E-state index in [2.05, 4.69) is 17.3 Å². The molecule has 2 N–H and O–H groups in total. The Hall–Kier alpha value is -0.452. The van der Waals surface area contributed by atoms with E-state index in [-0.39, 0.29) is 21.1 Å². The van der Waals surface area contributed by atoms with Gasteiger partial charge in [0, 0.05) is 0 Å². The third kappa shape index (κ3) is 8.82. The molecular formula is C9H17N2O4Pt+. The molecule has 0 unspecified atom stereocenters. The first-order valence-corrected chi connectivity index (χ1v) is 4.71. The molecule has 1 aliphatic rings. The molecule has 6 nitrogen and oxygen atoms in total. The molecule has 1 aliphatic heterocycles. The van der Waals surface area contributed by atoms with Gasteiger partial charge in [0.15, 0.2) is 0 Å². The summed E-state index contributed by atoms with van der Waals surface area (Å²) in [5, 5.41) is 19.0. The molecule has 0 aromatic rings. The zero-order valence-corrected chi connectivity index (χ0v) is 11.6. The fourth-order valence-corrected chi connectivity index (χ4v) is 1.25. The largest absolute Gasteiger partial charge is 2.00 e. The number of aliphatic carboxylic acids is 2. The van der Waals surface area contributed by atoms with Gasteiger partial charge in [0.2, 0.25) is 0 Å². The molecule has 0 aromatic carbocycles. The van der Waals surface area contributed by atoms with E-state index in [9.17, 15) is 0 Å². The SMILES string of the molecule is C[N-]C1CCN(C)CC1.O=C(O)C(=O)O.[Pt+2]. The van der Waals surface area contributed by atoms with E-state index in [1.54, 1.807) is 0 Å². The Labute approximate surface area is 109 Å². The molecule has 0 bridgehead atoms. The van der Waals surface area contributed by atoms with Crippen LogP contribution >= 0.6 is 0 Å². The summed E-state index contributed by atoms with van der Waals surface area (Å²) in [4.78, 5) is 20.6. The van der Waals surface area contributed by atoms with Gasteiger partial charge in [0.05, 0.1) is 0 Å². The first-order valence-electron chi connectivity index (χ1n) is 4.71. The van der Waals surface area contributed by atoms with Crippen LogP contribution in [-0.4, -0.2) is 60.3 Å². The van der Waals surface area contributed by atoms with Crippen molar-refractivity contribution in [3.63, 3.8) is 0 Å². The number of hydrogen-bond donors (Lipinski definition) is 2. The van der Waals surface area contributed by atoms with Crippen LogP contribution in [0, 0.1) is 0 Å². The van der Waals surface area contributed by atoms with Gasteiger partial charge < -0.3 is 20.4 Å². The Balaban J connectivity index is 0. The van der Waals surface area contributed by atoms with Crippen LogP contribution in [0.15, 0.2) is 0 Å². The average molecular weight is 412 g/mol. The van der Waals surface area contributed by atoms with Crippen LogP contribution in [0.1, 0.15) is 12.8 Å². The monoisotopic (exact) mass is 412 g/mol. The Kier molecular flexibility index (Phi) is 10.9. The zero-order chi connectivity index (χ0) is 11.8. The molecule has 1 rings (SSSR count). The maximum Gasteiger partial charge on any atom is 2.00 e. The minimum atomic E-state index is -1.82. The second-order valence-corrected chi connectivity index (χ2v) is 3.40. The number of carboxylic acid groups (broad SMARTS) is 2. The number of hydrogen-bond acceptors (Lipinski definition) is 3. The molecule has 1 heterocycles. The summed E-state index contributed by atoms with van der Waals surface area (Å²) in [6.45, 7) is 2.45. The molecular weight excluding hydrogens is 395 g/mol. The van der Waals surface area contributed by atoms with Gasteiger partial charge in [-0.1, -0.05) is 12.8 Å². The van der Waals surface area contributed by atoms with Crippen molar-refractivity contribution in [2.24, 2.45) is 0 Å². The Morgan fingerprint density at radius 2 is 1.56 bits per heavy atom. The minimum absolute atomic E-state index is 0. The molecule has 0 aromatic heterocycles. The molecule has 0 amide bonds. The van der Waals surface area contributed by atoms with Crippen LogP contribution in [-0.2, 0) is 30.7 Å². The molecule has 7 heteroatoms. The minimum Gasteiger partial charge on any atom is -0.662 e. The van der Waals surface area contributed by atoms with Gasteiger partial charge in [-0.05, 0) is 20.1 Å². The molecule has 16 heavy (non-hydrogen) atoms. The normalized spacial score (nSPS) is 16.6. The summed E-state index contributed by atoms with van der Waals surface area (Å²) >= 11 is 0. The number of rotatable bonds is 1. The Morgan fingerprint density at radius 1 is 1.19 bits per heavy atom. The van der Waals surface area contributed by atoms with E-state index in [1.807, 2.05) is 7.05 Å². The number of carboxylic acids is 2. The summed E-state index contributed by atoms with van der Waals surface area (Å²) in [7, 11) is 4.10. The van der Waals surface area contributed by atoms with Gasteiger partial charge in [-0.3, -0.25) is 0 Å². The standard InChI is InChI=1S/C7H15N2.C2H2O4.Pt/c1-8-7-3-5-9(2)6-4-7;3-1(4)2(5)6;/h7H,3-6H2,1-2H3;(H,3,4)(H,5,6);/q-1;;+2. The molecule has 0 aliphatic carbocycles. The summed E-state index contributed by atoms with van der Waals surface area (Å²) in [5.74, 6) is -3.65. The zero-order valence-electron chi connectivity index (χ0n) is 9.33. The van der Waals surface area contributed by atoms with Gasteiger partial charge in [-0.2, -0.15) is 7.05 Å². The quantitative estimate of drug-likeness (QED) is 0.602. The Morgan fingerprint density at radius 3 is 1.81 bits per heavy atom. The summed E-state index contributed by atoms with van der Waals surface area (Å²) in [5.41, 5.74) is 0. The van der Waals surface area contributed by atoms with Crippen LogP contribution in [0.3, 0.4) is 0 Å². The maximum absolute atomic E-state index is 9.10. The van der Waals surface area contributed by atoms with Crippen molar-refractivity contribution in [1.29, 1.82) is 0 Å². The van der Waals surface area contributed by atoms with E-state index in [0.29, 0.717) is 6.04 Å². The predicted octanol–water partition coefficient (Wildman–Crippen LogP) is 0.237. The van der Waals surface area contributed by atoms with Crippen molar-refractivity contribution in [3.05, 3.63) is 5.32 Å². The van der Waals surface area contributed by atoms with Crippen LogP contribution in [0.4, 0.5) is 0 Å². The molecule has 0 spiro atoms. The molecule has 0 atom stereocenters. The van der Waals surface area contributed by atoms with Crippen molar-refractivity contribution in [2.75, 3.05) is 27.2 Å². The van der Waals surface area contributed by atoms with E-state index in [0.717, 1.165) is 0 Å². The number of carbonyl (C=O) groups is 2. The van der Waals surface area contributed by atoms with Crippen LogP contribution < -0.4 is 0 Å². The van der Waals surface area contributed by atoms with Crippen molar-refractivity contribution >= 4 is 11.9 Å². The molecule has 0 saturated carbocycles. The first kappa shape index (κ1) is 17.9. The van der Waals surface area contributed by atoms with Gasteiger partial charge in [-0.25, -0.2) is 9.59 Å². The molecule has 1 fully saturated rings. The summed E-state index contributed by atoms with van der Waals surface area (Å²) in [6, 6.07) is 0.654. The fraction of sp³-hybridized carbons (Fsp3) is 0.778. The Bertz CT molecular complexity index is 206. The van der Waals surface area contributed by atoms with Crippen LogP contribution in [0.2, 0.25) is 0 Å². The average Bonchev–Trinajstić information content (AvgIpc) is 2.20. The van der Waals surface area contributed by atoms with Gasteiger partial charge >= 0.3 is 33.0 Å². The topological polar surface area (TPSA) is 91.9 Å². The van der Waals surface area contributed by atoms with Gasteiger partial charge in [0.1, 0.15) is 0 Å². The number of piperidine rings is 1. The van der Waals surface area contributed by atoms with Gasteiger partial charge in [0.25, 0.3) is 0 Å². The number of likely N-dealkylation sites (tertiary alicyclic amines) is 1. The third-order valence-corrected chi connectivity index (χ3v) is 2.24. The number of nitrogens with zero attached hydrogens (tertiary/aromatic N) is 2. The van der Waals surface area contributed by atoms with Gasteiger partial charge in [-0.15, -0.1) is 6.04 Å². The fourth-order valence-electron chi connectivity index (χ4n) is 1.25. The summed E-state index contributed by atoms with van der Waals surface area (Å²) < 4.78 is 0. The smallest absolute Gasteiger partial charge is 0.662 e. The van der Waals surface area contributed by atoms with Crippen molar-refractivity contribution in [1.82, 2.24) is 4.90 Å². The van der Waals surface area contributed by atoms with E-state index >= 15 is 0 Å². The van der Waals surface area contributed by atoms with Crippen molar-refractivity contribution in [2.45, 2.75) is 18.9 Å². The van der Waals surface area contributed by atoms with E-state index in [1.165, 1.54) is 25.9 Å². The third-order valence-electron chi connectivity index (χ3n) is 2.24. The van der Waals surface area contributed by atoms with Crippen LogP contribution in [0.25, 0.3) is 5.32 Å². The second-order valence-electron chi connectivity index (χ2n) is 3.40. The summed E-state index contributed by atoms with van der Waals surface area (Å²) in [6.07, 6.45) is 2.51. The molecule has 96 valence electrons. The van der Waals surface area contributed by atoms with E-state index in [4.69, 9.17) is 19.8 Å². The molecule has 0 radical (unpaired) electrons. The van der Waals surface area contributed by atoms with E-state index < -0.39 is 11.9 Å². The maximum atomic E-state index is 9.10. The second kappa shape index (κ2) is 9.75. The first-order chi connectivity index (χ1) is 6.97. The predicted molar refractivity (Wildman–Crippen MR) is 55.1 cm³/mol. The van der Waals surface area contributed by atoms with Crippen LogP contribution in [0.5, 0.6) is 0 Å². The molecule has 1 saturated heterocycles.